The normalized spacial score (nSPS) is 12.5. The van der Waals surface area contributed by atoms with Crippen molar-refractivity contribution in [2.45, 2.75) is 12.5 Å². The van der Waals surface area contributed by atoms with Gasteiger partial charge in [-0.1, -0.05) is 52.3 Å². The lowest BCUT2D eigenvalue weighted by atomic mass is 9.95. The molecule has 2 aromatic carbocycles. The fourth-order valence-corrected chi connectivity index (χ4v) is 3.03. The van der Waals surface area contributed by atoms with Gasteiger partial charge in [0.25, 0.3) is 0 Å². The third kappa shape index (κ3) is 2.97. The Balaban J connectivity index is 2.01. The number of nitrogens with one attached hydrogen (secondary N) is 1. The van der Waals surface area contributed by atoms with Crippen LogP contribution in [-0.2, 0) is 6.42 Å². The summed E-state index contributed by atoms with van der Waals surface area (Å²) in [5.41, 5.74) is 5.33. The molecular weight excluding hydrogens is 326 g/mol. The molecule has 3 nitrogen and oxygen atoms in total. The van der Waals surface area contributed by atoms with E-state index in [-0.39, 0.29) is 6.04 Å². The lowest BCUT2D eigenvalue weighted by Gasteiger charge is -2.19. The van der Waals surface area contributed by atoms with Crippen LogP contribution in [0.2, 0.25) is 0 Å². The SMILES string of the molecule is NNC(Cc1ccccc1Br)c1cccc2ccncc12. The zero-order valence-electron chi connectivity index (χ0n) is 11.5. The van der Waals surface area contributed by atoms with Gasteiger partial charge in [0.1, 0.15) is 0 Å². The molecule has 0 fully saturated rings. The highest BCUT2D eigenvalue weighted by atomic mass is 79.9. The number of hydrogen-bond donors (Lipinski definition) is 2. The summed E-state index contributed by atoms with van der Waals surface area (Å²) in [4.78, 5) is 4.24. The number of hydrazine groups is 1. The molecule has 1 heterocycles. The van der Waals surface area contributed by atoms with Crippen molar-refractivity contribution in [3.63, 3.8) is 0 Å². The number of benzene rings is 2. The molecular formula is C17H16BrN3. The number of fused-ring (bicyclic) bond motifs is 1. The first kappa shape index (κ1) is 14.2. The molecule has 1 atom stereocenters. The highest BCUT2D eigenvalue weighted by molar-refractivity contribution is 9.10. The molecule has 3 rings (SSSR count). The maximum atomic E-state index is 5.81. The lowest BCUT2D eigenvalue weighted by Crippen LogP contribution is -2.29. The van der Waals surface area contributed by atoms with Crippen LogP contribution in [0.25, 0.3) is 10.8 Å². The van der Waals surface area contributed by atoms with E-state index in [0.29, 0.717) is 0 Å². The van der Waals surface area contributed by atoms with Crippen molar-refractivity contribution in [3.8, 4) is 0 Å². The zero-order valence-corrected chi connectivity index (χ0v) is 13.0. The fraction of sp³-hybridized carbons (Fsp3) is 0.118. The number of nitrogens with zero attached hydrogens (tertiary/aromatic N) is 1. The molecule has 0 amide bonds. The molecule has 21 heavy (non-hydrogen) atoms. The maximum absolute atomic E-state index is 5.81. The Hall–Kier alpha value is -1.75. The van der Waals surface area contributed by atoms with Crippen LogP contribution in [0.5, 0.6) is 0 Å². The molecule has 0 saturated carbocycles. The number of rotatable bonds is 4. The second-order valence-electron chi connectivity index (χ2n) is 4.96. The third-order valence-corrected chi connectivity index (χ3v) is 4.45. The summed E-state index contributed by atoms with van der Waals surface area (Å²) in [6.07, 6.45) is 4.52. The van der Waals surface area contributed by atoms with Gasteiger partial charge in [0.05, 0.1) is 6.04 Å². The average Bonchev–Trinajstić information content (AvgIpc) is 2.54. The van der Waals surface area contributed by atoms with E-state index in [1.807, 2.05) is 36.7 Å². The van der Waals surface area contributed by atoms with Crippen molar-refractivity contribution in [2.24, 2.45) is 5.84 Å². The summed E-state index contributed by atoms with van der Waals surface area (Å²) >= 11 is 3.60. The Morgan fingerprint density at radius 2 is 1.95 bits per heavy atom. The van der Waals surface area contributed by atoms with Gasteiger partial charge in [-0.2, -0.15) is 0 Å². The number of aromatic nitrogens is 1. The van der Waals surface area contributed by atoms with E-state index in [1.54, 1.807) is 0 Å². The molecule has 0 bridgehead atoms. The van der Waals surface area contributed by atoms with Crippen LogP contribution in [0, 0.1) is 0 Å². The minimum Gasteiger partial charge on any atom is -0.271 e. The molecule has 0 aliphatic rings. The predicted molar refractivity (Wildman–Crippen MR) is 89.7 cm³/mol. The van der Waals surface area contributed by atoms with Gasteiger partial charge in [-0.15, -0.1) is 0 Å². The van der Waals surface area contributed by atoms with E-state index in [0.717, 1.165) is 16.3 Å². The van der Waals surface area contributed by atoms with E-state index in [2.05, 4.69) is 50.6 Å². The highest BCUT2D eigenvalue weighted by Crippen LogP contribution is 2.28. The molecule has 1 aromatic heterocycles. The molecule has 3 N–H and O–H groups in total. The van der Waals surface area contributed by atoms with Crippen molar-refractivity contribution in [1.82, 2.24) is 10.4 Å². The Labute approximate surface area is 132 Å². The molecule has 0 saturated heterocycles. The van der Waals surface area contributed by atoms with E-state index < -0.39 is 0 Å². The molecule has 1 unspecified atom stereocenters. The average molecular weight is 342 g/mol. The summed E-state index contributed by atoms with van der Waals surface area (Å²) in [7, 11) is 0. The zero-order chi connectivity index (χ0) is 14.7. The molecule has 0 aliphatic carbocycles. The minimum atomic E-state index is 0.0385. The second kappa shape index (κ2) is 6.35. The van der Waals surface area contributed by atoms with E-state index in [1.165, 1.54) is 16.5 Å². The van der Waals surface area contributed by atoms with Gasteiger partial charge in [-0.3, -0.25) is 16.3 Å². The van der Waals surface area contributed by atoms with Gasteiger partial charge in [0, 0.05) is 22.3 Å². The van der Waals surface area contributed by atoms with Crippen molar-refractivity contribution >= 4 is 26.7 Å². The van der Waals surface area contributed by atoms with Gasteiger partial charge in [-0.05, 0) is 35.1 Å². The van der Waals surface area contributed by atoms with Crippen LogP contribution >= 0.6 is 15.9 Å². The largest absolute Gasteiger partial charge is 0.271 e. The number of nitrogens with two attached hydrogens (primary N) is 1. The maximum Gasteiger partial charge on any atom is 0.0507 e. The third-order valence-electron chi connectivity index (χ3n) is 3.68. The Morgan fingerprint density at radius 3 is 2.76 bits per heavy atom. The van der Waals surface area contributed by atoms with E-state index in [9.17, 15) is 0 Å². The molecule has 106 valence electrons. The van der Waals surface area contributed by atoms with Crippen LogP contribution in [-0.4, -0.2) is 4.98 Å². The summed E-state index contributed by atoms with van der Waals surface area (Å²) in [5.74, 6) is 5.81. The monoisotopic (exact) mass is 341 g/mol. The van der Waals surface area contributed by atoms with E-state index >= 15 is 0 Å². The predicted octanol–water partition coefficient (Wildman–Crippen LogP) is 3.74. The first-order valence-electron chi connectivity index (χ1n) is 6.82. The van der Waals surface area contributed by atoms with Gasteiger partial charge in [0.15, 0.2) is 0 Å². The standard InChI is InChI=1S/C17H16BrN3/c18-16-7-2-1-4-13(16)10-17(21-19)14-6-3-5-12-8-9-20-11-15(12)14/h1-9,11,17,21H,10,19H2. The summed E-state index contributed by atoms with van der Waals surface area (Å²) < 4.78 is 1.10. The Kier molecular flexibility index (Phi) is 4.29. The molecule has 0 spiro atoms. The number of hydrogen-bond acceptors (Lipinski definition) is 3. The van der Waals surface area contributed by atoms with Gasteiger partial charge < -0.3 is 0 Å². The van der Waals surface area contributed by atoms with Crippen LogP contribution in [0.15, 0.2) is 65.4 Å². The quantitative estimate of drug-likeness (QED) is 0.561. The van der Waals surface area contributed by atoms with Crippen LogP contribution < -0.4 is 11.3 Å². The summed E-state index contributed by atoms with van der Waals surface area (Å²) in [6, 6.07) is 16.5. The van der Waals surface area contributed by atoms with Gasteiger partial charge >= 0.3 is 0 Å². The first-order chi connectivity index (χ1) is 10.3. The van der Waals surface area contributed by atoms with Crippen molar-refractivity contribution in [3.05, 3.63) is 76.5 Å². The molecule has 0 aliphatic heterocycles. The topological polar surface area (TPSA) is 50.9 Å². The van der Waals surface area contributed by atoms with Gasteiger partial charge in [0.2, 0.25) is 0 Å². The second-order valence-corrected chi connectivity index (χ2v) is 5.81. The van der Waals surface area contributed by atoms with Crippen molar-refractivity contribution in [1.29, 1.82) is 0 Å². The molecule has 3 aromatic rings. The fourth-order valence-electron chi connectivity index (χ4n) is 2.58. The Bertz CT molecular complexity index is 752. The highest BCUT2D eigenvalue weighted by Gasteiger charge is 2.14. The number of halogens is 1. The smallest absolute Gasteiger partial charge is 0.0507 e. The lowest BCUT2D eigenvalue weighted by molar-refractivity contribution is 0.554. The summed E-state index contributed by atoms with van der Waals surface area (Å²) in [5, 5.41) is 2.31. The minimum absolute atomic E-state index is 0.0385. The van der Waals surface area contributed by atoms with E-state index in [4.69, 9.17) is 5.84 Å². The Morgan fingerprint density at radius 1 is 1.10 bits per heavy atom. The van der Waals surface area contributed by atoms with Crippen LogP contribution in [0.1, 0.15) is 17.2 Å². The van der Waals surface area contributed by atoms with Crippen LogP contribution in [0.4, 0.5) is 0 Å². The number of pyridine rings is 1. The van der Waals surface area contributed by atoms with Crippen molar-refractivity contribution in [2.75, 3.05) is 0 Å². The molecule has 0 radical (unpaired) electrons. The molecule has 4 heteroatoms. The van der Waals surface area contributed by atoms with Crippen molar-refractivity contribution < 1.29 is 0 Å². The summed E-state index contributed by atoms with van der Waals surface area (Å²) in [6.45, 7) is 0. The first-order valence-corrected chi connectivity index (χ1v) is 7.61. The van der Waals surface area contributed by atoms with Gasteiger partial charge in [-0.25, -0.2) is 0 Å². The van der Waals surface area contributed by atoms with Crippen LogP contribution in [0.3, 0.4) is 0 Å².